The van der Waals surface area contributed by atoms with Crippen LogP contribution in [0.3, 0.4) is 0 Å². The largest absolute Gasteiger partial charge is 0.451 e. The molecule has 0 spiro atoms. The van der Waals surface area contributed by atoms with Crippen LogP contribution < -0.4 is 4.74 Å². The lowest BCUT2D eigenvalue weighted by atomic mass is 9.78. The topological polar surface area (TPSA) is 27.7 Å². The van der Waals surface area contributed by atoms with E-state index in [9.17, 15) is 22.0 Å². The van der Waals surface area contributed by atoms with Crippen LogP contribution in [0.2, 0.25) is 0 Å². The maximum absolute atomic E-state index is 14.4. The second kappa shape index (κ2) is 14.6. The summed E-state index contributed by atoms with van der Waals surface area (Å²) in [5.74, 6) is -3.37. The molecule has 0 atom stereocenters. The summed E-state index contributed by atoms with van der Waals surface area (Å²) in [6.45, 7) is 3.81. The Labute approximate surface area is 234 Å². The quantitative estimate of drug-likeness (QED) is 0.115. The number of halogens is 5. The Morgan fingerprint density at radius 3 is 1.75 bits per heavy atom. The maximum Gasteiger partial charge on any atom is 0.451 e. The average Bonchev–Trinajstić information content (AvgIpc) is 2.95. The number of rotatable bonds is 11. The maximum atomic E-state index is 14.4. The van der Waals surface area contributed by atoms with E-state index in [1.165, 1.54) is 38.5 Å². The van der Waals surface area contributed by atoms with E-state index in [4.69, 9.17) is 9.47 Å². The van der Waals surface area contributed by atoms with Gasteiger partial charge in [-0.1, -0.05) is 36.8 Å². The van der Waals surface area contributed by atoms with Gasteiger partial charge in [-0.05, 0) is 87.9 Å². The Kier molecular flexibility index (Phi) is 11.2. The third-order valence-electron chi connectivity index (χ3n) is 8.45. The lowest BCUT2D eigenvalue weighted by Crippen LogP contribution is -2.47. The highest BCUT2D eigenvalue weighted by molar-refractivity contribution is 5.25. The summed E-state index contributed by atoms with van der Waals surface area (Å²) in [5.41, 5.74) is 0. The summed E-state index contributed by atoms with van der Waals surface area (Å²) in [6, 6.07) is 0.701. The lowest BCUT2D eigenvalue weighted by molar-refractivity contribution is -0.349. The van der Waals surface area contributed by atoms with Gasteiger partial charge in [-0.3, -0.25) is 0 Å². The van der Waals surface area contributed by atoms with Gasteiger partial charge < -0.3 is 14.2 Å². The van der Waals surface area contributed by atoms with Gasteiger partial charge in [0, 0.05) is 18.1 Å². The van der Waals surface area contributed by atoms with Gasteiger partial charge in [0.05, 0.1) is 13.2 Å². The van der Waals surface area contributed by atoms with Crippen molar-refractivity contribution in [2.75, 3.05) is 13.2 Å². The van der Waals surface area contributed by atoms with Crippen molar-refractivity contribution in [3.05, 3.63) is 66.5 Å². The van der Waals surface area contributed by atoms with Gasteiger partial charge in [0.25, 0.3) is 6.29 Å². The summed E-state index contributed by atoms with van der Waals surface area (Å²) >= 11 is 0. The molecule has 3 nitrogen and oxygen atoms in total. The summed E-state index contributed by atoms with van der Waals surface area (Å²) < 4.78 is 83.3. The Balaban J connectivity index is 1.13. The van der Waals surface area contributed by atoms with Crippen LogP contribution in [-0.2, 0) is 9.47 Å². The molecule has 3 aliphatic rings. The van der Waals surface area contributed by atoms with Gasteiger partial charge in [-0.15, -0.1) is 6.58 Å². The first-order chi connectivity index (χ1) is 19.2. The van der Waals surface area contributed by atoms with E-state index in [1.807, 2.05) is 12.2 Å². The number of alkyl halides is 2. The highest BCUT2D eigenvalue weighted by Gasteiger charge is 2.47. The molecule has 1 aromatic rings. The fourth-order valence-electron chi connectivity index (χ4n) is 6.00. The molecular formula is C32H41F5O3. The molecule has 0 amide bonds. The molecule has 1 aromatic carbocycles. The predicted molar refractivity (Wildman–Crippen MR) is 144 cm³/mol. The van der Waals surface area contributed by atoms with E-state index >= 15 is 0 Å². The van der Waals surface area contributed by atoms with Gasteiger partial charge >= 0.3 is 6.11 Å². The van der Waals surface area contributed by atoms with Crippen molar-refractivity contribution in [2.45, 2.75) is 83.0 Å². The minimum absolute atomic E-state index is 0.000834. The van der Waals surface area contributed by atoms with Crippen LogP contribution in [0.15, 0.2) is 49.1 Å². The van der Waals surface area contributed by atoms with Crippen molar-refractivity contribution in [1.29, 1.82) is 0 Å². The Hall–Kier alpha value is -2.19. The number of allylic oxidation sites excluding steroid dienone is 4. The summed E-state index contributed by atoms with van der Waals surface area (Å²) in [5, 5.41) is 0. The van der Waals surface area contributed by atoms with Crippen LogP contribution in [0, 0.1) is 47.0 Å². The van der Waals surface area contributed by atoms with E-state index in [2.05, 4.69) is 29.5 Å². The fourth-order valence-corrected chi connectivity index (χ4v) is 6.00. The smallest absolute Gasteiger partial charge is 0.429 e. The monoisotopic (exact) mass is 568 g/mol. The summed E-state index contributed by atoms with van der Waals surface area (Å²) in [6.07, 6.45) is 18.5. The molecule has 1 saturated heterocycles. The zero-order valence-electron chi connectivity index (χ0n) is 23.0. The molecule has 8 heteroatoms. The van der Waals surface area contributed by atoms with Crippen LogP contribution >= 0.6 is 0 Å². The van der Waals surface area contributed by atoms with E-state index in [0.29, 0.717) is 24.0 Å². The van der Waals surface area contributed by atoms with Crippen LogP contribution in [0.5, 0.6) is 5.75 Å². The molecule has 222 valence electrons. The number of unbranched alkanes of at least 4 members (excludes halogenated alkanes) is 1. The first kappa shape index (κ1) is 30.8. The lowest BCUT2D eigenvalue weighted by Gasteiger charge is -2.32. The number of hydrogen-bond donors (Lipinski definition) is 0. The predicted octanol–water partition coefficient (Wildman–Crippen LogP) is 9.15. The second-order valence-corrected chi connectivity index (χ2v) is 11.6. The highest BCUT2D eigenvalue weighted by atomic mass is 19.3. The second-order valence-electron chi connectivity index (χ2n) is 11.6. The molecule has 1 aliphatic heterocycles. The average molecular weight is 569 g/mol. The molecule has 4 rings (SSSR count). The third-order valence-corrected chi connectivity index (χ3v) is 8.45. The Bertz CT molecular complexity index is 979. The summed E-state index contributed by atoms with van der Waals surface area (Å²) in [7, 11) is 0. The first-order valence-electron chi connectivity index (χ1n) is 14.7. The zero-order valence-corrected chi connectivity index (χ0v) is 23.0. The molecule has 2 saturated carbocycles. The standard InChI is InChI=1S/C32H41F5O3/c1-2-3-4-5-22-6-8-23(9-7-22)10-11-24-12-14-25(15-13-24)16-17-26-20-38-31(39-21-26)32(36,37)40-27-18-28(33)30(35)29(34)19-27/h2,10-11,16-19,22-26,31H,1,3-9,12-15,20-21H2/b11-10+,17-16+. The minimum Gasteiger partial charge on any atom is -0.429 e. The molecule has 1 heterocycles. The molecule has 3 fully saturated rings. The van der Waals surface area contributed by atoms with E-state index < -0.39 is 35.6 Å². The van der Waals surface area contributed by atoms with Crippen molar-refractivity contribution in [3.8, 4) is 5.75 Å². The van der Waals surface area contributed by atoms with Crippen molar-refractivity contribution >= 4 is 0 Å². The molecule has 0 radical (unpaired) electrons. The van der Waals surface area contributed by atoms with Crippen LogP contribution in [-0.4, -0.2) is 25.6 Å². The summed E-state index contributed by atoms with van der Waals surface area (Å²) in [4.78, 5) is 0. The number of ether oxygens (including phenoxy) is 3. The Morgan fingerprint density at radius 2 is 1.25 bits per heavy atom. The molecule has 0 N–H and O–H groups in total. The van der Waals surface area contributed by atoms with Gasteiger partial charge in [-0.25, -0.2) is 13.2 Å². The number of benzene rings is 1. The van der Waals surface area contributed by atoms with E-state index in [1.54, 1.807) is 0 Å². The van der Waals surface area contributed by atoms with Gasteiger partial charge in [-0.2, -0.15) is 8.78 Å². The molecule has 0 bridgehead atoms. The van der Waals surface area contributed by atoms with Crippen LogP contribution in [0.4, 0.5) is 22.0 Å². The SMILES string of the molecule is C=CCCCC1CCC(/C=C/C2CCC(/C=C/C3COC(C(F)(F)Oc4cc(F)c(F)c(F)c4)OC3)CC2)CC1. The Morgan fingerprint density at radius 1 is 0.775 bits per heavy atom. The number of hydrogen-bond acceptors (Lipinski definition) is 3. The first-order valence-corrected chi connectivity index (χ1v) is 14.7. The molecule has 2 aliphatic carbocycles. The van der Waals surface area contributed by atoms with Crippen molar-refractivity contribution in [3.63, 3.8) is 0 Å². The molecule has 0 aromatic heterocycles. The zero-order chi connectivity index (χ0) is 28.5. The molecule has 0 unspecified atom stereocenters. The van der Waals surface area contributed by atoms with Crippen molar-refractivity contribution in [1.82, 2.24) is 0 Å². The van der Waals surface area contributed by atoms with Crippen LogP contribution in [0.1, 0.15) is 70.6 Å². The fraction of sp³-hybridized carbons (Fsp3) is 0.625. The molecular weight excluding hydrogens is 527 g/mol. The van der Waals surface area contributed by atoms with Crippen molar-refractivity contribution < 1.29 is 36.2 Å². The van der Waals surface area contributed by atoms with Gasteiger partial charge in [0.15, 0.2) is 17.5 Å². The highest BCUT2D eigenvalue weighted by Crippen LogP contribution is 2.36. The normalized spacial score (nSPS) is 30.1. The molecule has 40 heavy (non-hydrogen) atoms. The minimum atomic E-state index is -4.01. The van der Waals surface area contributed by atoms with Crippen molar-refractivity contribution in [2.24, 2.45) is 29.6 Å². The van der Waals surface area contributed by atoms with Gasteiger partial charge in [0.1, 0.15) is 5.75 Å². The van der Waals surface area contributed by atoms with E-state index in [-0.39, 0.29) is 19.1 Å². The van der Waals surface area contributed by atoms with E-state index in [0.717, 1.165) is 43.9 Å². The van der Waals surface area contributed by atoms with Crippen LogP contribution in [0.25, 0.3) is 0 Å². The van der Waals surface area contributed by atoms with Gasteiger partial charge in [0.2, 0.25) is 0 Å². The third kappa shape index (κ3) is 8.90.